The van der Waals surface area contributed by atoms with Crippen LogP contribution in [0.25, 0.3) is 6.08 Å². The summed E-state index contributed by atoms with van der Waals surface area (Å²) < 4.78 is 11.9. The van der Waals surface area contributed by atoms with Gasteiger partial charge in [0.2, 0.25) is 0 Å². The largest absolute Gasteiger partial charge is 0.490 e. The molecule has 3 rings (SSSR count). The SMILES string of the molecule is CCOc1cc(/C=C(/C#N)C(=O)Nc2ccc(C)cc2)cc(Br)c1OCC(=O)Nc1ccc(Cl)c(Cl)c1. The van der Waals surface area contributed by atoms with Crippen molar-refractivity contribution >= 4 is 68.4 Å². The van der Waals surface area contributed by atoms with Crippen LogP contribution in [0.1, 0.15) is 18.1 Å². The van der Waals surface area contributed by atoms with Crippen LogP contribution in [-0.2, 0) is 9.59 Å². The molecule has 0 atom stereocenters. The molecule has 0 aromatic heterocycles. The third-order valence-corrected chi connectivity index (χ3v) is 6.20. The Bertz CT molecular complexity index is 1390. The van der Waals surface area contributed by atoms with E-state index < -0.39 is 11.8 Å². The fourth-order valence-electron chi connectivity index (χ4n) is 3.13. The zero-order valence-electron chi connectivity index (χ0n) is 19.9. The Balaban J connectivity index is 1.76. The highest BCUT2D eigenvalue weighted by molar-refractivity contribution is 9.10. The molecule has 3 aromatic rings. The van der Waals surface area contributed by atoms with Crippen LogP contribution >= 0.6 is 39.1 Å². The minimum absolute atomic E-state index is 0.0930. The molecule has 10 heteroatoms. The average Bonchev–Trinajstić information content (AvgIpc) is 2.85. The molecule has 2 amide bonds. The summed E-state index contributed by atoms with van der Waals surface area (Å²) in [4.78, 5) is 25.0. The van der Waals surface area contributed by atoms with Crippen molar-refractivity contribution in [2.45, 2.75) is 13.8 Å². The number of nitrogens with one attached hydrogen (secondary N) is 2. The molecular formula is C27H22BrCl2N3O4. The first-order chi connectivity index (χ1) is 17.7. The van der Waals surface area contributed by atoms with Crippen molar-refractivity contribution in [3.05, 3.63) is 85.8 Å². The standard InChI is InChI=1S/C27H22BrCl2N3O4/c1-3-36-24-12-17(10-18(14-31)27(35)33-19-6-4-16(2)5-7-19)11-21(28)26(24)37-15-25(34)32-20-8-9-22(29)23(30)13-20/h4-13H,3,15H2,1-2H3,(H,32,34)(H,33,35)/b18-10-. The zero-order valence-corrected chi connectivity index (χ0v) is 23.0. The molecule has 0 saturated heterocycles. The third kappa shape index (κ3) is 7.99. The van der Waals surface area contributed by atoms with Crippen LogP contribution in [0.3, 0.4) is 0 Å². The third-order valence-electron chi connectivity index (χ3n) is 4.87. The van der Waals surface area contributed by atoms with Gasteiger partial charge in [0.05, 0.1) is 21.1 Å². The van der Waals surface area contributed by atoms with Crippen molar-refractivity contribution in [3.8, 4) is 17.6 Å². The number of aryl methyl sites for hydroxylation is 1. The molecule has 37 heavy (non-hydrogen) atoms. The number of hydrogen-bond acceptors (Lipinski definition) is 5. The molecule has 0 bridgehead atoms. The highest BCUT2D eigenvalue weighted by Crippen LogP contribution is 2.37. The number of halogens is 3. The number of hydrogen-bond donors (Lipinski definition) is 2. The molecule has 0 aliphatic rings. The van der Waals surface area contributed by atoms with Crippen molar-refractivity contribution in [1.29, 1.82) is 5.26 Å². The fraction of sp³-hybridized carbons (Fsp3) is 0.148. The molecule has 0 radical (unpaired) electrons. The second kappa shape index (κ2) is 13.2. The predicted molar refractivity (Wildman–Crippen MR) is 149 cm³/mol. The molecule has 2 N–H and O–H groups in total. The summed E-state index contributed by atoms with van der Waals surface area (Å²) >= 11 is 15.3. The van der Waals surface area contributed by atoms with E-state index >= 15 is 0 Å². The monoisotopic (exact) mass is 601 g/mol. The van der Waals surface area contributed by atoms with E-state index in [9.17, 15) is 14.9 Å². The molecule has 0 unspecified atom stereocenters. The van der Waals surface area contributed by atoms with Crippen LogP contribution in [0.15, 0.2) is 64.6 Å². The average molecular weight is 603 g/mol. The van der Waals surface area contributed by atoms with Gasteiger partial charge in [-0.15, -0.1) is 0 Å². The summed E-state index contributed by atoms with van der Waals surface area (Å²) in [5.74, 6) is -0.330. The van der Waals surface area contributed by atoms with E-state index in [1.807, 2.05) is 25.1 Å². The Kier molecular flexibility index (Phi) is 9.98. The Labute approximate surface area is 233 Å². The van der Waals surface area contributed by atoms with Crippen LogP contribution in [0.5, 0.6) is 11.5 Å². The maximum atomic E-state index is 12.6. The molecular weight excluding hydrogens is 581 g/mol. The van der Waals surface area contributed by atoms with E-state index in [0.717, 1.165) is 5.56 Å². The van der Waals surface area contributed by atoms with Gasteiger partial charge in [-0.2, -0.15) is 5.26 Å². The molecule has 3 aromatic carbocycles. The Morgan fingerprint density at radius 3 is 2.35 bits per heavy atom. The quantitative estimate of drug-likeness (QED) is 0.202. The van der Waals surface area contributed by atoms with E-state index in [4.69, 9.17) is 32.7 Å². The molecule has 0 aliphatic heterocycles. The predicted octanol–water partition coefficient (Wildman–Crippen LogP) is 7.03. The minimum atomic E-state index is -0.542. The Morgan fingerprint density at radius 1 is 1.00 bits per heavy atom. The number of carbonyl (C=O) groups is 2. The van der Waals surface area contributed by atoms with E-state index in [0.29, 0.717) is 49.6 Å². The van der Waals surface area contributed by atoms with Gasteiger partial charge >= 0.3 is 0 Å². The number of nitrogens with zero attached hydrogens (tertiary/aromatic N) is 1. The number of carbonyl (C=O) groups excluding carboxylic acids is 2. The van der Waals surface area contributed by atoms with Gasteiger partial charge < -0.3 is 20.1 Å². The summed E-state index contributed by atoms with van der Waals surface area (Å²) in [6.07, 6.45) is 1.44. The second-order valence-electron chi connectivity index (χ2n) is 7.72. The van der Waals surface area contributed by atoms with Crippen LogP contribution in [0.4, 0.5) is 11.4 Å². The van der Waals surface area contributed by atoms with Crippen molar-refractivity contribution in [2.24, 2.45) is 0 Å². The Morgan fingerprint density at radius 2 is 1.70 bits per heavy atom. The van der Waals surface area contributed by atoms with Crippen molar-refractivity contribution < 1.29 is 19.1 Å². The van der Waals surface area contributed by atoms with Crippen LogP contribution in [-0.4, -0.2) is 25.0 Å². The lowest BCUT2D eigenvalue weighted by Crippen LogP contribution is -2.20. The molecule has 0 heterocycles. The van der Waals surface area contributed by atoms with E-state index in [1.54, 1.807) is 43.3 Å². The van der Waals surface area contributed by atoms with E-state index in [1.165, 1.54) is 12.1 Å². The highest BCUT2D eigenvalue weighted by atomic mass is 79.9. The maximum Gasteiger partial charge on any atom is 0.266 e. The first-order valence-electron chi connectivity index (χ1n) is 11.0. The van der Waals surface area contributed by atoms with Gasteiger partial charge in [-0.1, -0.05) is 40.9 Å². The summed E-state index contributed by atoms with van der Waals surface area (Å²) in [6, 6.07) is 17.2. The summed E-state index contributed by atoms with van der Waals surface area (Å²) in [7, 11) is 0. The number of amides is 2. The van der Waals surface area contributed by atoms with Crippen LogP contribution in [0, 0.1) is 18.3 Å². The second-order valence-corrected chi connectivity index (χ2v) is 9.39. The smallest absolute Gasteiger partial charge is 0.266 e. The first-order valence-corrected chi connectivity index (χ1v) is 12.6. The van der Waals surface area contributed by atoms with Gasteiger partial charge in [0.15, 0.2) is 18.1 Å². The highest BCUT2D eigenvalue weighted by Gasteiger charge is 2.16. The maximum absolute atomic E-state index is 12.6. The molecule has 7 nitrogen and oxygen atoms in total. The lowest BCUT2D eigenvalue weighted by molar-refractivity contribution is -0.118. The van der Waals surface area contributed by atoms with Gasteiger partial charge in [0.1, 0.15) is 11.6 Å². The zero-order chi connectivity index (χ0) is 26.9. The molecule has 0 spiro atoms. The summed E-state index contributed by atoms with van der Waals surface area (Å²) in [6.45, 7) is 3.75. The summed E-state index contributed by atoms with van der Waals surface area (Å²) in [5.41, 5.74) is 2.54. The fourth-order valence-corrected chi connectivity index (χ4v) is 4.01. The molecule has 0 saturated carbocycles. The normalized spacial score (nSPS) is 10.9. The lowest BCUT2D eigenvalue weighted by atomic mass is 10.1. The van der Waals surface area contributed by atoms with Gasteiger partial charge in [-0.05, 0) is 83.9 Å². The van der Waals surface area contributed by atoms with Gasteiger partial charge in [0.25, 0.3) is 11.8 Å². The number of nitriles is 1. The molecule has 0 fully saturated rings. The number of rotatable bonds is 9. The van der Waals surface area contributed by atoms with Crippen molar-refractivity contribution in [1.82, 2.24) is 0 Å². The van der Waals surface area contributed by atoms with Crippen LogP contribution < -0.4 is 20.1 Å². The van der Waals surface area contributed by atoms with Crippen molar-refractivity contribution in [3.63, 3.8) is 0 Å². The number of anilines is 2. The van der Waals surface area contributed by atoms with Gasteiger partial charge in [0, 0.05) is 11.4 Å². The van der Waals surface area contributed by atoms with E-state index in [-0.39, 0.29) is 12.2 Å². The van der Waals surface area contributed by atoms with Crippen molar-refractivity contribution in [2.75, 3.05) is 23.8 Å². The topological polar surface area (TPSA) is 100 Å². The van der Waals surface area contributed by atoms with Gasteiger partial charge in [-0.3, -0.25) is 9.59 Å². The minimum Gasteiger partial charge on any atom is -0.490 e. The number of benzene rings is 3. The summed E-state index contributed by atoms with van der Waals surface area (Å²) in [5, 5.41) is 15.6. The Hall–Kier alpha value is -3.51. The van der Waals surface area contributed by atoms with Gasteiger partial charge in [-0.25, -0.2) is 0 Å². The van der Waals surface area contributed by atoms with Crippen LogP contribution in [0.2, 0.25) is 10.0 Å². The molecule has 190 valence electrons. The molecule has 0 aliphatic carbocycles. The lowest BCUT2D eigenvalue weighted by Gasteiger charge is -2.15. The van der Waals surface area contributed by atoms with E-state index in [2.05, 4.69) is 26.6 Å². The first kappa shape index (κ1) is 28.1. The number of ether oxygens (including phenoxy) is 2.